The van der Waals surface area contributed by atoms with Gasteiger partial charge in [-0.05, 0) is 96.1 Å². The molecule has 3 aromatic rings. The minimum atomic E-state index is -1.05. The van der Waals surface area contributed by atoms with Gasteiger partial charge < -0.3 is 44.7 Å². The van der Waals surface area contributed by atoms with Crippen molar-refractivity contribution >= 4 is 23.6 Å². The van der Waals surface area contributed by atoms with Crippen LogP contribution in [0.2, 0.25) is 0 Å². The van der Waals surface area contributed by atoms with E-state index in [1.54, 1.807) is 6.20 Å². The maximum absolute atomic E-state index is 12.8. The largest absolute Gasteiger partial charge is 0.491 e. The fourth-order valence-electron chi connectivity index (χ4n) is 6.30. The van der Waals surface area contributed by atoms with Crippen LogP contribution in [0, 0.1) is 6.92 Å². The summed E-state index contributed by atoms with van der Waals surface area (Å²) in [5, 5.41) is 21.6. The number of nitrogens with one attached hydrogen (secondary N) is 3. The van der Waals surface area contributed by atoms with E-state index in [9.17, 15) is 19.5 Å². The summed E-state index contributed by atoms with van der Waals surface area (Å²) in [6, 6.07) is 14.7. The molecule has 4 rings (SSSR count). The summed E-state index contributed by atoms with van der Waals surface area (Å²) in [7, 11) is 0. The summed E-state index contributed by atoms with van der Waals surface area (Å²) < 4.78 is 28.1. The van der Waals surface area contributed by atoms with Gasteiger partial charge in [0.25, 0.3) is 0 Å². The molecule has 1 heterocycles. The Hall–Kier alpha value is -5.25. The van der Waals surface area contributed by atoms with Crippen LogP contribution in [0.15, 0.2) is 59.8 Å². The molecule has 308 valence electrons. The van der Waals surface area contributed by atoms with Crippen molar-refractivity contribution < 1.29 is 43.2 Å². The van der Waals surface area contributed by atoms with Crippen LogP contribution in [0.4, 0.5) is 5.82 Å². The van der Waals surface area contributed by atoms with E-state index in [0.29, 0.717) is 84.5 Å². The number of ether oxygens (including phenoxy) is 5. The van der Waals surface area contributed by atoms with Gasteiger partial charge in [-0.15, -0.1) is 0 Å². The maximum atomic E-state index is 12.8. The Morgan fingerprint density at radius 2 is 1.53 bits per heavy atom. The van der Waals surface area contributed by atoms with Crippen molar-refractivity contribution in [3.63, 3.8) is 0 Å². The second-order valence-corrected chi connectivity index (χ2v) is 13.4. The van der Waals surface area contributed by atoms with Gasteiger partial charge in [-0.1, -0.05) is 35.4 Å². The van der Waals surface area contributed by atoms with E-state index in [0.717, 1.165) is 53.9 Å². The lowest BCUT2D eigenvalue weighted by Crippen LogP contribution is -2.39. The quantitative estimate of drug-likeness (QED) is 0.0319. The first-order chi connectivity index (χ1) is 27.8. The summed E-state index contributed by atoms with van der Waals surface area (Å²) in [5.74, 6) is -0.181. The number of azide groups is 1. The fourth-order valence-corrected chi connectivity index (χ4v) is 6.30. The Bertz CT molecular complexity index is 1750. The molecule has 0 unspecified atom stereocenters. The van der Waals surface area contributed by atoms with Crippen LogP contribution < -0.4 is 20.7 Å². The summed E-state index contributed by atoms with van der Waals surface area (Å²) in [6.07, 6.45) is 6.20. The number of benzene rings is 2. The molecule has 0 saturated carbocycles. The third-order valence-electron chi connectivity index (χ3n) is 9.08. The van der Waals surface area contributed by atoms with Crippen LogP contribution in [0.25, 0.3) is 21.6 Å². The summed E-state index contributed by atoms with van der Waals surface area (Å²) in [4.78, 5) is 43.8. The number of carbonyl (C=O) groups is 3. The summed E-state index contributed by atoms with van der Waals surface area (Å²) >= 11 is 0. The molecule has 1 aromatic heterocycles. The zero-order valence-electron chi connectivity index (χ0n) is 32.7. The van der Waals surface area contributed by atoms with Crippen molar-refractivity contribution in [3.8, 4) is 16.9 Å². The molecular weight excluding hydrogens is 734 g/mol. The summed E-state index contributed by atoms with van der Waals surface area (Å²) in [6.45, 7) is 6.47. The molecule has 0 aliphatic heterocycles. The van der Waals surface area contributed by atoms with E-state index in [1.807, 2.05) is 49.4 Å². The molecule has 0 spiro atoms. The van der Waals surface area contributed by atoms with Crippen LogP contribution in [0.3, 0.4) is 0 Å². The van der Waals surface area contributed by atoms with Crippen molar-refractivity contribution in [2.75, 3.05) is 84.4 Å². The number of aromatic nitrogens is 1. The van der Waals surface area contributed by atoms with Crippen molar-refractivity contribution in [1.82, 2.24) is 15.6 Å². The number of hydrogen-bond acceptors (Lipinski definition) is 11. The van der Waals surface area contributed by atoms with Gasteiger partial charge in [0, 0.05) is 30.6 Å². The minimum Gasteiger partial charge on any atom is -0.491 e. The van der Waals surface area contributed by atoms with E-state index < -0.39 is 17.9 Å². The predicted octanol–water partition coefficient (Wildman–Crippen LogP) is 5.33. The Morgan fingerprint density at radius 1 is 0.860 bits per heavy atom. The number of aryl methyl sites for hydroxylation is 1. The number of carbonyl (C=O) groups excluding carboxylic acids is 2. The lowest BCUT2D eigenvalue weighted by molar-refractivity contribution is -0.138. The third kappa shape index (κ3) is 16.8. The molecule has 0 bridgehead atoms. The molecule has 1 aliphatic carbocycles. The Morgan fingerprint density at radius 3 is 2.19 bits per heavy atom. The second kappa shape index (κ2) is 25.8. The van der Waals surface area contributed by atoms with Gasteiger partial charge in [0.15, 0.2) is 0 Å². The second-order valence-electron chi connectivity index (χ2n) is 13.4. The number of rotatable bonds is 28. The average molecular weight is 790 g/mol. The van der Waals surface area contributed by atoms with E-state index in [4.69, 9.17) is 29.2 Å². The lowest BCUT2D eigenvalue weighted by Gasteiger charge is -2.23. The Kier molecular flexibility index (Phi) is 20.1. The normalized spacial score (nSPS) is 12.5. The maximum Gasteiger partial charge on any atom is 0.305 e. The van der Waals surface area contributed by atoms with Gasteiger partial charge >= 0.3 is 5.97 Å². The highest BCUT2D eigenvalue weighted by Crippen LogP contribution is 2.37. The number of pyridine rings is 1. The Labute approximate surface area is 333 Å². The fraction of sp³-hybridized carbons (Fsp3) is 0.512. The van der Waals surface area contributed by atoms with Gasteiger partial charge in [0.1, 0.15) is 18.2 Å². The van der Waals surface area contributed by atoms with Crippen LogP contribution in [-0.2, 0) is 46.2 Å². The van der Waals surface area contributed by atoms with Crippen molar-refractivity contribution in [2.24, 2.45) is 5.11 Å². The van der Waals surface area contributed by atoms with Crippen LogP contribution in [0.5, 0.6) is 5.75 Å². The number of carboxylic acids is 1. The number of carboxylic acid groups (broad SMARTS) is 1. The minimum absolute atomic E-state index is 0.230. The molecule has 0 saturated heterocycles. The highest BCUT2D eigenvalue weighted by molar-refractivity contribution is 5.85. The van der Waals surface area contributed by atoms with Crippen molar-refractivity contribution in [3.05, 3.63) is 87.4 Å². The molecule has 2 aromatic carbocycles. The number of fused-ring (bicyclic) bond motifs is 1. The van der Waals surface area contributed by atoms with Gasteiger partial charge in [0.05, 0.1) is 71.9 Å². The molecule has 1 atom stereocenters. The highest BCUT2D eigenvalue weighted by Gasteiger charge is 2.21. The van der Waals surface area contributed by atoms with Crippen LogP contribution in [-0.4, -0.2) is 107 Å². The highest BCUT2D eigenvalue weighted by atomic mass is 16.6. The number of hydrogen-bond donors (Lipinski definition) is 4. The SMILES string of the molecule is Cc1ccnc(NCCCC(=O)NCC(=O)N[C@@H](CC(=O)O)c2ccc(-c3ccc(OCCOCCOCCOCCOCCN=[N+]=[N-])c4c3CCCC4)cc2)c1. The number of aliphatic carboxylic acids is 1. The van der Waals surface area contributed by atoms with E-state index in [1.165, 1.54) is 11.1 Å². The van der Waals surface area contributed by atoms with Crippen molar-refractivity contribution in [2.45, 2.75) is 57.9 Å². The molecule has 16 nitrogen and oxygen atoms in total. The first kappa shape index (κ1) is 44.5. The van der Waals surface area contributed by atoms with E-state index >= 15 is 0 Å². The molecule has 2 amide bonds. The van der Waals surface area contributed by atoms with E-state index in [2.05, 4.69) is 37.0 Å². The molecule has 1 aliphatic rings. The third-order valence-corrected chi connectivity index (χ3v) is 9.08. The van der Waals surface area contributed by atoms with Gasteiger partial charge in [-0.2, -0.15) is 0 Å². The number of nitrogens with zero attached hydrogens (tertiary/aromatic N) is 4. The first-order valence-corrected chi connectivity index (χ1v) is 19.5. The van der Waals surface area contributed by atoms with Crippen LogP contribution in [0.1, 0.15) is 60.4 Å². The average Bonchev–Trinajstić information content (AvgIpc) is 3.21. The van der Waals surface area contributed by atoms with E-state index in [-0.39, 0.29) is 25.3 Å². The monoisotopic (exact) mass is 789 g/mol. The van der Waals surface area contributed by atoms with Crippen LogP contribution >= 0.6 is 0 Å². The smallest absolute Gasteiger partial charge is 0.305 e. The summed E-state index contributed by atoms with van der Waals surface area (Å²) in [5.41, 5.74) is 14.5. The van der Waals surface area contributed by atoms with Gasteiger partial charge in [-0.3, -0.25) is 14.4 Å². The van der Waals surface area contributed by atoms with Crippen molar-refractivity contribution in [1.29, 1.82) is 0 Å². The topological polar surface area (TPSA) is 215 Å². The zero-order chi connectivity index (χ0) is 40.5. The zero-order valence-corrected chi connectivity index (χ0v) is 32.7. The molecule has 16 heteroatoms. The number of amides is 2. The molecule has 4 N–H and O–H groups in total. The first-order valence-electron chi connectivity index (χ1n) is 19.5. The standard InChI is InChI=1S/C41H55N7O9/c1-30-14-16-44-38(27-30)43-15-4-7-39(49)45-29-40(50)47-36(28-41(51)52)32-10-8-31(9-11-32)33-12-13-37(35-6-3-2-5-34(33)35)57-26-25-56-24-23-55-22-21-54-20-19-53-18-17-46-48-42/h8-14,16,27,36H,2-7,15,17-26,28-29H2,1H3,(H,43,44)(H,45,49)(H,47,50)(H,51,52)/t36-/m0/s1. The van der Waals surface area contributed by atoms with Gasteiger partial charge in [0.2, 0.25) is 11.8 Å². The molecule has 0 fully saturated rings. The molecule has 0 radical (unpaired) electrons. The molecular formula is C41H55N7O9. The lowest BCUT2D eigenvalue weighted by atomic mass is 9.85. The molecule has 57 heavy (non-hydrogen) atoms. The predicted molar refractivity (Wildman–Crippen MR) is 214 cm³/mol. The van der Waals surface area contributed by atoms with Gasteiger partial charge in [-0.25, -0.2) is 4.98 Å². The Balaban J connectivity index is 1.18. The number of anilines is 1.